The van der Waals surface area contributed by atoms with Crippen molar-refractivity contribution < 1.29 is 27.6 Å². The van der Waals surface area contributed by atoms with E-state index in [9.17, 15) is 18.3 Å². The Morgan fingerprint density at radius 2 is 2.00 bits per heavy atom. The second-order valence-electron chi connectivity index (χ2n) is 3.74. The number of phenols is 2. The topological polar surface area (TPSA) is 127 Å². The van der Waals surface area contributed by atoms with E-state index in [1.54, 1.807) is 0 Å². The Kier molecular flexibility index (Phi) is 4.15. The normalized spacial score (nSPS) is 13.0. The summed E-state index contributed by atoms with van der Waals surface area (Å²) >= 11 is 0. The Morgan fingerprint density at radius 3 is 2.50 bits per heavy atom. The number of hydrogen-bond donors (Lipinski definition) is 3. The lowest BCUT2D eigenvalue weighted by atomic mass is 10.1. The molecule has 0 aliphatic rings. The van der Waals surface area contributed by atoms with Gasteiger partial charge in [0.2, 0.25) is 0 Å². The fourth-order valence-corrected chi connectivity index (χ4v) is 1.67. The zero-order valence-corrected chi connectivity index (χ0v) is 10.3. The van der Waals surface area contributed by atoms with Crippen LogP contribution in [0, 0.1) is 0 Å². The lowest BCUT2D eigenvalue weighted by Crippen LogP contribution is -2.35. The average Bonchev–Trinajstić information content (AvgIpc) is 2.21. The summed E-state index contributed by atoms with van der Waals surface area (Å²) in [6, 6.07) is 2.73. The van der Waals surface area contributed by atoms with E-state index in [0.29, 0.717) is 5.56 Å². The highest BCUT2D eigenvalue weighted by molar-refractivity contribution is 7.86. The van der Waals surface area contributed by atoms with Gasteiger partial charge in [0, 0.05) is 0 Å². The van der Waals surface area contributed by atoms with Crippen molar-refractivity contribution in [2.75, 3.05) is 6.26 Å². The molecule has 0 bridgehead atoms. The molecule has 0 aromatic heterocycles. The molecule has 18 heavy (non-hydrogen) atoms. The highest BCUT2D eigenvalue weighted by atomic mass is 32.2. The second-order valence-corrected chi connectivity index (χ2v) is 5.32. The number of phenolic OH excluding ortho intramolecular Hbond substituents is 2. The molecule has 0 aliphatic heterocycles. The maximum atomic E-state index is 11.3. The van der Waals surface area contributed by atoms with Gasteiger partial charge in [0.25, 0.3) is 0 Å². The molecular weight excluding hydrogens is 262 g/mol. The van der Waals surface area contributed by atoms with Gasteiger partial charge in [-0.05, 0) is 24.1 Å². The summed E-state index contributed by atoms with van der Waals surface area (Å²) in [5.74, 6) is -1.73. The molecule has 0 radical (unpaired) electrons. The minimum atomic E-state index is -3.89. The van der Waals surface area contributed by atoms with Gasteiger partial charge in [-0.3, -0.25) is 0 Å². The number of benzene rings is 1. The van der Waals surface area contributed by atoms with E-state index in [0.717, 1.165) is 6.26 Å². The fraction of sp³-hybridized carbons (Fsp3) is 0.300. The van der Waals surface area contributed by atoms with Crippen LogP contribution < -0.4 is 5.73 Å². The summed E-state index contributed by atoms with van der Waals surface area (Å²) in [7, 11) is -3.89. The second kappa shape index (κ2) is 5.23. The largest absolute Gasteiger partial charge is 0.504 e. The lowest BCUT2D eigenvalue weighted by molar-refractivity contribution is -0.135. The number of rotatable bonds is 4. The highest BCUT2D eigenvalue weighted by Crippen LogP contribution is 2.25. The zero-order chi connectivity index (χ0) is 13.9. The van der Waals surface area contributed by atoms with E-state index in [1.807, 2.05) is 0 Å². The van der Waals surface area contributed by atoms with Gasteiger partial charge in [0.1, 0.15) is 6.04 Å². The molecule has 0 saturated carbocycles. The third kappa shape index (κ3) is 4.22. The third-order valence-electron chi connectivity index (χ3n) is 2.03. The maximum absolute atomic E-state index is 11.3. The Morgan fingerprint density at radius 1 is 1.39 bits per heavy atom. The summed E-state index contributed by atoms with van der Waals surface area (Å²) in [5, 5.41) is 18.3. The monoisotopic (exact) mass is 275 g/mol. The summed E-state index contributed by atoms with van der Waals surface area (Å²) in [6.45, 7) is 0. The van der Waals surface area contributed by atoms with Gasteiger partial charge < -0.3 is 20.1 Å². The van der Waals surface area contributed by atoms with Crippen LogP contribution in [0.5, 0.6) is 11.5 Å². The van der Waals surface area contributed by atoms with Crippen molar-refractivity contribution in [2.24, 2.45) is 5.73 Å². The van der Waals surface area contributed by atoms with Crippen LogP contribution in [-0.2, 0) is 25.5 Å². The molecule has 8 heteroatoms. The van der Waals surface area contributed by atoms with Crippen LogP contribution in [0.3, 0.4) is 0 Å². The Labute approximate surface area is 104 Å². The first kappa shape index (κ1) is 14.3. The number of carbonyl (C=O) groups is 1. The van der Waals surface area contributed by atoms with Crippen molar-refractivity contribution in [1.29, 1.82) is 0 Å². The van der Waals surface area contributed by atoms with Crippen molar-refractivity contribution in [3.63, 3.8) is 0 Å². The molecule has 0 unspecified atom stereocenters. The van der Waals surface area contributed by atoms with Crippen LogP contribution in [0.15, 0.2) is 18.2 Å². The summed E-state index contributed by atoms with van der Waals surface area (Å²) < 4.78 is 25.6. The van der Waals surface area contributed by atoms with Gasteiger partial charge in [-0.2, -0.15) is 8.42 Å². The summed E-state index contributed by atoms with van der Waals surface area (Å²) in [6.07, 6.45) is 0.714. The van der Waals surface area contributed by atoms with Crippen LogP contribution >= 0.6 is 0 Å². The molecule has 0 saturated heterocycles. The first-order chi connectivity index (χ1) is 8.19. The molecule has 0 spiro atoms. The minimum Gasteiger partial charge on any atom is -0.504 e. The van der Waals surface area contributed by atoms with Crippen LogP contribution in [0.25, 0.3) is 0 Å². The van der Waals surface area contributed by atoms with Crippen molar-refractivity contribution in [3.05, 3.63) is 23.8 Å². The first-order valence-electron chi connectivity index (χ1n) is 4.89. The van der Waals surface area contributed by atoms with Gasteiger partial charge in [-0.1, -0.05) is 6.07 Å². The van der Waals surface area contributed by atoms with Gasteiger partial charge >= 0.3 is 16.1 Å². The van der Waals surface area contributed by atoms with Gasteiger partial charge in [0.05, 0.1) is 6.26 Å². The minimum absolute atomic E-state index is 0.0256. The molecule has 1 aromatic carbocycles. The summed E-state index contributed by atoms with van der Waals surface area (Å²) in [5.41, 5.74) is 5.92. The number of nitrogens with two attached hydrogens (primary N) is 1. The smallest absolute Gasteiger partial charge is 0.339 e. The standard InChI is InChI=1S/C10H13NO6S/c1-18(15,16)17-10(14)7(11)4-6-2-3-8(12)9(13)5-6/h2-3,5,7,12-13H,4,11H2,1H3/t7-/m1/s1. The van der Waals surface area contributed by atoms with E-state index >= 15 is 0 Å². The zero-order valence-electron chi connectivity index (χ0n) is 9.53. The average molecular weight is 275 g/mol. The molecule has 0 fully saturated rings. The molecule has 7 nitrogen and oxygen atoms in total. The van der Waals surface area contributed by atoms with E-state index in [4.69, 9.17) is 10.8 Å². The first-order valence-corrected chi connectivity index (χ1v) is 6.70. The van der Waals surface area contributed by atoms with Crippen molar-refractivity contribution in [1.82, 2.24) is 0 Å². The van der Waals surface area contributed by atoms with Crippen molar-refractivity contribution >= 4 is 16.1 Å². The lowest BCUT2D eigenvalue weighted by Gasteiger charge is -2.10. The molecular formula is C10H13NO6S. The Hall–Kier alpha value is -1.80. The quantitative estimate of drug-likeness (QED) is 0.498. The van der Waals surface area contributed by atoms with Crippen LogP contribution in [0.2, 0.25) is 0 Å². The molecule has 0 amide bonds. The SMILES string of the molecule is CS(=O)(=O)OC(=O)[C@H](N)Cc1ccc(O)c(O)c1. The highest BCUT2D eigenvalue weighted by Gasteiger charge is 2.20. The Balaban J connectivity index is 2.72. The predicted octanol–water partition coefficient (Wildman–Crippen LogP) is -0.530. The molecule has 4 N–H and O–H groups in total. The number of carbonyl (C=O) groups excluding carboxylic acids is 1. The van der Waals surface area contributed by atoms with Crippen molar-refractivity contribution in [2.45, 2.75) is 12.5 Å². The molecule has 0 aliphatic carbocycles. The molecule has 0 heterocycles. The van der Waals surface area contributed by atoms with Crippen LogP contribution in [0.4, 0.5) is 0 Å². The van der Waals surface area contributed by atoms with Crippen LogP contribution in [0.1, 0.15) is 5.56 Å². The van der Waals surface area contributed by atoms with E-state index in [-0.39, 0.29) is 17.9 Å². The Bertz CT molecular complexity index is 553. The fourth-order valence-electron chi connectivity index (χ4n) is 1.24. The third-order valence-corrected chi connectivity index (χ3v) is 2.50. The van der Waals surface area contributed by atoms with Gasteiger partial charge in [-0.25, -0.2) is 4.79 Å². The van der Waals surface area contributed by atoms with E-state index in [1.165, 1.54) is 18.2 Å². The summed E-state index contributed by atoms with van der Waals surface area (Å²) in [4.78, 5) is 11.3. The van der Waals surface area contributed by atoms with E-state index < -0.39 is 22.1 Å². The molecule has 1 atom stereocenters. The number of aromatic hydroxyl groups is 2. The number of hydrogen-bond acceptors (Lipinski definition) is 7. The van der Waals surface area contributed by atoms with Crippen molar-refractivity contribution in [3.8, 4) is 11.5 Å². The molecule has 1 aromatic rings. The molecule has 1 rings (SSSR count). The maximum Gasteiger partial charge on any atom is 0.339 e. The predicted molar refractivity (Wildman–Crippen MR) is 62.4 cm³/mol. The van der Waals surface area contributed by atoms with Crippen LogP contribution in [-0.4, -0.2) is 36.9 Å². The van der Waals surface area contributed by atoms with Gasteiger partial charge in [0.15, 0.2) is 11.5 Å². The molecule has 100 valence electrons. The van der Waals surface area contributed by atoms with E-state index in [2.05, 4.69) is 4.18 Å². The van der Waals surface area contributed by atoms with Gasteiger partial charge in [-0.15, -0.1) is 0 Å².